The molecule has 0 saturated carbocycles. The van der Waals surface area contributed by atoms with Crippen LogP contribution in [-0.4, -0.2) is 33.4 Å². The van der Waals surface area contributed by atoms with Gasteiger partial charge in [0.2, 0.25) is 0 Å². The van der Waals surface area contributed by atoms with E-state index in [9.17, 15) is 14.4 Å². The Bertz CT molecular complexity index is 888. The Balaban J connectivity index is 2.38. The van der Waals surface area contributed by atoms with E-state index in [1.165, 1.54) is 16.8 Å². The average molecular weight is 369 g/mol. The van der Waals surface area contributed by atoms with E-state index < -0.39 is 0 Å². The van der Waals surface area contributed by atoms with E-state index in [2.05, 4.69) is 5.32 Å². The van der Waals surface area contributed by atoms with Crippen LogP contribution in [0, 0.1) is 6.92 Å². The molecular weight excluding hydrogens is 342 g/mol. The van der Waals surface area contributed by atoms with Gasteiger partial charge < -0.3 is 14.8 Å². The zero-order valence-corrected chi connectivity index (χ0v) is 16.7. The highest BCUT2D eigenvalue weighted by atomic mass is 16.2. The first-order valence-electron chi connectivity index (χ1n) is 9.03. The number of pyridine rings is 1. The average Bonchev–Trinajstić information content (AvgIpc) is 2.58. The third kappa shape index (κ3) is 4.64. The smallest absolute Gasteiger partial charge is 0.274 e. The van der Waals surface area contributed by atoms with Gasteiger partial charge in [-0.25, -0.2) is 0 Å². The van der Waals surface area contributed by atoms with E-state index in [0.29, 0.717) is 11.1 Å². The Kier molecular flexibility index (Phi) is 6.20. The number of amides is 2. The quantitative estimate of drug-likeness (QED) is 0.880. The van der Waals surface area contributed by atoms with Crippen molar-refractivity contribution >= 4 is 17.5 Å². The normalized spacial score (nSPS) is 11.0. The Hall–Kier alpha value is -2.89. The van der Waals surface area contributed by atoms with E-state index in [4.69, 9.17) is 0 Å². The number of rotatable bonds is 5. The van der Waals surface area contributed by atoms with Crippen LogP contribution in [0.25, 0.3) is 0 Å². The Morgan fingerprint density at radius 1 is 1.00 bits per heavy atom. The summed E-state index contributed by atoms with van der Waals surface area (Å²) in [6.07, 6.45) is 1.50. The van der Waals surface area contributed by atoms with Gasteiger partial charge in [-0.3, -0.25) is 14.4 Å². The molecule has 0 atom stereocenters. The lowest BCUT2D eigenvalue weighted by Crippen LogP contribution is -2.42. The van der Waals surface area contributed by atoms with Crippen molar-refractivity contribution in [2.45, 2.75) is 46.7 Å². The van der Waals surface area contributed by atoms with Gasteiger partial charge >= 0.3 is 0 Å². The predicted molar refractivity (Wildman–Crippen MR) is 107 cm³/mol. The summed E-state index contributed by atoms with van der Waals surface area (Å²) >= 11 is 0. The Morgan fingerprint density at radius 2 is 1.56 bits per heavy atom. The summed E-state index contributed by atoms with van der Waals surface area (Å²) in [5, 5.41) is 2.64. The minimum atomic E-state index is -0.388. The number of aromatic nitrogens is 1. The number of benzene rings is 1. The number of nitrogens with zero attached hydrogens (tertiary/aromatic N) is 2. The van der Waals surface area contributed by atoms with Gasteiger partial charge in [-0.2, -0.15) is 0 Å². The van der Waals surface area contributed by atoms with E-state index in [1.54, 1.807) is 24.1 Å². The molecule has 1 heterocycles. The topological polar surface area (TPSA) is 71.4 Å². The molecular formula is C21H27N3O3. The molecule has 0 radical (unpaired) electrons. The first kappa shape index (κ1) is 20.4. The SMILES string of the molecule is Cc1ccc(C(=O)Nc2cc(C(=O)N(C(C)C)C(C)C)cn(C)c2=O)cc1. The van der Waals surface area contributed by atoms with Crippen LogP contribution >= 0.6 is 0 Å². The van der Waals surface area contributed by atoms with E-state index >= 15 is 0 Å². The molecule has 0 fully saturated rings. The van der Waals surface area contributed by atoms with E-state index in [-0.39, 0.29) is 35.1 Å². The van der Waals surface area contributed by atoms with Crippen LogP contribution in [0.15, 0.2) is 41.3 Å². The molecule has 0 bridgehead atoms. The van der Waals surface area contributed by atoms with Crippen LogP contribution < -0.4 is 10.9 Å². The maximum atomic E-state index is 12.9. The fraction of sp³-hybridized carbons (Fsp3) is 0.381. The second kappa shape index (κ2) is 8.20. The van der Waals surface area contributed by atoms with Crippen molar-refractivity contribution in [3.63, 3.8) is 0 Å². The standard InChI is InChI=1S/C21H27N3O3/c1-13(2)24(14(3)4)20(26)17-11-18(21(27)23(6)12-17)22-19(25)16-9-7-15(5)8-10-16/h7-14H,1-6H3,(H,22,25). The molecule has 1 aromatic heterocycles. The summed E-state index contributed by atoms with van der Waals surface area (Å²) in [5.74, 6) is -0.567. The maximum Gasteiger partial charge on any atom is 0.274 e. The summed E-state index contributed by atoms with van der Waals surface area (Å²) in [4.78, 5) is 39.6. The van der Waals surface area contributed by atoms with Crippen molar-refractivity contribution in [2.75, 3.05) is 5.32 Å². The lowest BCUT2D eigenvalue weighted by Gasteiger charge is -2.31. The third-order valence-electron chi connectivity index (χ3n) is 4.34. The van der Waals surface area contributed by atoms with Crippen molar-refractivity contribution in [1.82, 2.24) is 9.47 Å². The summed E-state index contributed by atoms with van der Waals surface area (Å²) < 4.78 is 1.32. The van der Waals surface area contributed by atoms with Crippen LogP contribution in [0.2, 0.25) is 0 Å². The number of carbonyl (C=O) groups is 2. The fourth-order valence-corrected chi connectivity index (χ4v) is 3.03. The molecule has 0 aliphatic heterocycles. The van der Waals surface area contributed by atoms with Crippen molar-refractivity contribution in [2.24, 2.45) is 7.05 Å². The van der Waals surface area contributed by atoms with Gasteiger partial charge in [0.1, 0.15) is 5.69 Å². The lowest BCUT2D eigenvalue weighted by atomic mass is 10.1. The van der Waals surface area contributed by atoms with E-state index in [0.717, 1.165) is 5.56 Å². The van der Waals surface area contributed by atoms with Crippen molar-refractivity contribution in [3.05, 3.63) is 63.6 Å². The second-order valence-corrected chi connectivity index (χ2v) is 7.28. The van der Waals surface area contributed by atoms with E-state index in [1.807, 2.05) is 46.8 Å². The summed E-state index contributed by atoms with van der Waals surface area (Å²) in [6, 6.07) is 8.54. The number of hydrogen-bond donors (Lipinski definition) is 1. The van der Waals surface area contributed by atoms with Gasteiger partial charge in [0.15, 0.2) is 0 Å². The Morgan fingerprint density at radius 3 is 2.07 bits per heavy atom. The molecule has 0 aliphatic rings. The highest BCUT2D eigenvalue weighted by molar-refractivity contribution is 6.05. The number of nitrogens with one attached hydrogen (secondary N) is 1. The monoisotopic (exact) mass is 369 g/mol. The first-order valence-corrected chi connectivity index (χ1v) is 9.03. The molecule has 27 heavy (non-hydrogen) atoms. The van der Waals surface area contributed by atoms with Gasteiger partial charge in [0, 0.05) is 30.9 Å². The zero-order chi connectivity index (χ0) is 20.3. The molecule has 1 N–H and O–H groups in total. The highest BCUT2D eigenvalue weighted by Gasteiger charge is 2.23. The molecule has 0 unspecified atom stereocenters. The van der Waals surface area contributed by atoms with Crippen LogP contribution in [-0.2, 0) is 7.05 Å². The molecule has 1 aromatic carbocycles. The van der Waals surface area contributed by atoms with Crippen molar-refractivity contribution in [1.29, 1.82) is 0 Å². The van der Waals surface area contributed by atoms with Crippen LogP contribution in [0.3, 0.4) is 0 Å². The van der Waals surface area contributed by atoms with Crippen molar-refractivity contribution in [3.8, 4) is 0 Å². The van der Waals surface area contributed by atoms with Gasteiger partial charge in [-0.15, -0.1) is 0 Å². The van der Waals surface area contributed by atoms with Gasteiger partial charge in [0.05, 0.1) is 5.56 Å². The number of aryl methyl sites for hydroxylation is 2. The van der Waals surface area contributed by atoms with Crippen LogP contribution in [0.1, 0.15) is 54.0 Å². The van der Waals surface area contributed by atoms with Gasteiger partial charge in [-0.1, -0.05) is 17.7 Å². The molecule has 6 nitrogen and oxygen atoms in total. The fourth-order valence-electron chi connectivity index (χ4n) is 3.03. The molecule has 0 aliphatic carbocycles. The molecule has 144 valence electrons. The summed E-state index contributed by atoms with van der Waals surface area (Å²) in [5.41, 5.74) is 1.57. The Labute approximate surface area is 159 Å². The molecule has 2 amide bonds. The largest absolute Gasteiger partial charge is 0.334 e. The van der Waals surface area contributed by atoms with Crippen LogP contribution in [0.5, 0.6) is 0 Å². The van der Waals surface area contributed by atoms with Gasteiger partial charge in [0.25, 0.3) is 17.4 Å². The number of carbonyl (C=O) groups excluding carboxylic acids is 2. The highest BCUT2D eigenvalue weighted by Crippen LogP contribution is 2.15. The zero-order valence-electron chi connectivity index (χ0n) is 16.7. The molecule has 6 heteroatoms. The summed E-state index contributed by atoms with van der Waals surface area (Å²) in [6.45, 7) is 9.71. The molecule has 2 rings (SSSR count). The first-order chi connectivity index (χ1) is 12.6. The molecule has 0 spiro atoms. The third-order valence-corrected chi connectivity index (χ3v) is 4.34. The molecule has 0 saturated heterocycles. The van der Waals surface area contributed by atoms with Crippen molar-refractivity contribution < 1.29 is 9.59 Å². The van der Waals surface area contributed by atoms with Gasteiger partial charge in [-0.05, 0) is 52.8 Å². The molecule has 2 aromatic rings. The number of anilines is 1. The predicted octanol–water partition coefficient (Wildman–Crippen LogP) is 3.21. The minimum absolute atomic E-state index is 0.0142. The second-order valence-electron chi connectivity index (χ2n) is 7.28. The summed E-state index contributed by atoms with van der Waals surface area (Å²) in [7, 11) is 1.57. The minimum Gasteiger partial charge on any atom is -0.334 e. The maximum absolute atomic E-state index is 12.9. The lowest BCUT2D eigenvalue weighted by molar-refractivity contribution is 0.0642. The number of hydrogen-bond acceptors (Lipinski definition) is 3. The van der Waals surface area contributed by atoms with Crippen LogP contribution in [0.4, 0.5) is 5.69 Å².